The number of rotatable bonds is 6. The Balaban J connectivity index is 3.00. The molecule has 0 radical (unpaired) electrons. The van der Waals surface area contributed by atoms with E-state index < -0.39 is 0 Å². The Morgan fingerprint density at radius 2 is 1.50 bits per heavy atom. The summed E-state index contributed by atoms with van der Waals surface area (Å²) in [5.41, 5.74) is 0. The van der Waals surface area contributed by atoms with Gasteiger partial charge in [0.1, 0.15) is 0 Å². The van der Waals surface area contributed by atoms with Gasteiger partial charge in [0, 0.05) is 34.2 Å². The molecule has 0 aromatic carbocycles. The predicted molar refractivity (Wildman–Crippen MR) is 106 cm³/mol. The first kappa shape index (κ1) is 20.8. The quantitative estimate of drug-likeness (QED) is 0.593. The van der Waals surface area contributed by atoms with Crippen molar-refractivity contribution in [3.63, 3.8) is 0 Å². The molecule has 0 unspecified atom stereocenters. The highest BCUT2D eigenvalue weighted by Gasteiger charge is 2.16. The molecule has 5 heteroatoms. The number of guanidine groups is 2. The molecule has 1 saturated carbocycles. The standard InChI is InChI=1S/C19H39N5/c1-7-12-16(13-8-2)20-18(21-17-14-10-9-11-15-17)22-19(23(3)4)24(5)6/h16-17H,7-15H2,1-6H3,(H,20,21). The van der Waals surface area contributed by atoms with Crippen LogP contribution in [0.1, 0.15) is 71.6 Å². The summed E-state index contributed by atoms with van der Waals surface area (Å²) < 4.78 is 0. The van der Waals surface area contributed by atoms with E-state index in [2.05, 4.69) is 19.2 Å². The Bertz CT molecular complexity index is 379. The largest absolute Gasteiger partial charge is 0.352 e. The minimum absolute atomic E-state index is 0.430. The molecule has 0 bridgehead atoms. The van der Waals surface area contributed by atoms with Crippen molar-refractivity contribution < 1.29 is 0 Å². The first-order chi connectivity index (χ1) is 11.5. The summed E-state index contributed by atoms with van der Waals surface area (Å²) in [6, 6.07) is 0.899. The Hall–Kier alpha value is -1.26. The average molecular weight is 338 g/mol. The van der Waals surface area contributed by atoms with Gasteiger partial charge in [-0.3, -0.25) is 0 Å². The number of hydrogen-bond donors (Lipinski definition) is 1. The number of aliphatic imine (C=N–C) groups is 2. The number of nitrogens with zero attached hydrogens (tertiary/aromatic N) is 4. The fraction of sp³-hybridized carbons (Fsp3) is 0.895. The van der Waals surface area contributed by atoms with Gasteiger partial charge in [-0.05, 0) is 25.7 Å². The van der Waals surface area contributed by atoms with Crippen molar-refractivity contribution in [2.45, 2.75) is 83.7 Å². The lowest BCUT2D eigenvalue weighted by Crippen LogP contribution is -2.40. The summed E-state index contributed by atoms with van der Waals surface area (Å²) in [5.74, 6) is 1.76. The van der Waals surface area contributed by atoms with Crippen LogP contribution in [0, 0.1) is 0 Å². The van der Waals surface area contributed by atoms with E-state index in [1.165, 1.54) is 57.8 Å². The van der Waals surface area contributed by atoms with Gasteiger partial charge in [0.25, 0.3) is 0 Å². The Kier molecular flexibility index (Phi) is 9.80. The van der Waals surface area contributed by atoms with Crippen LogP contribution in [0.25, 0.3) is 0 Å². The molecule has 0 atom stereocenters. The van der Waals surface area contributed by atoms with Gasteiger partial charge in [-0.2, -0.15) is 4.99 Å². The van der Waals surface area contributed by atoms with Gasteiger partial charge in [0.2, 0.25) is 11.9 Å². The van der Waals surface area contributed by atoms with Crippen molar-refractivity contribution in [2.75, 3.05) is 28.2 Å². The van der Waals surface area contributed by atoms with Crippen LogP contribution in [0.15, 0.2) is 9.98 Å². The summed E-state index contributed by atoms with van der Waals surface area (Å²) in [6.07, 6.45) is 11.1. The van der Waals surface area contributed by atoms with E-state index in [0.717, 1.165) is 11.9 Å². The minimum Gasteiger partial charge on any atom is -0.352 e. The summed E-state index contributed by atoms with van der Waals surface area (Å²) in [7, 11) is 8.14. The highest BCUT2D eigenvalue weighted by atomic mass is 15.4. The molecule has 0 heterocycles. The van der Waals surface area contributed by atoms with Crippen LogP contribution in [-0.2, 0) is 0 Å². The zero-order valence-electron chi connectivity index (χ0n) is 16.8. The average Bonchev–Trinajstić information content (AvgIpc) is 2.53. The third kappa shape index (κ3) is 7.54. The van der Waals surface area contributed by atoms with Crippen molar-refractivity contribution in [2.24, 2.45) is 9.98 Å². The lowest BCUT2D eigenvalue weighted by molar-refractivity contribution is 0.438. The number of hydrogen-bond acceptors (Lipinski definition) is 1. The minimum atomic E-state index is 0.430. The maximum Gasteiger partial charge on any atom is 0.221 e. The molecule has 1 N–H and O–H groups in total. The van der Waals surface area contributed by atoms with Crippen LogP contribution in [0.2, 0.25) is 0 Å². The van der Waals surface area contributed by atoms with Crippen LogP contribution >= 0.6 is 0 Å². The fourth-order valence-corrected chi connectivity index (χ4v) is 3.34. The van der Waals surface area contributed by atoms with Gasteiger partial charge in [-0.25, -0.2) is 4.99 Å². The van der Waals surface area contributed by atoms with Gasteiger partial charge in [-0.1, -0.05) is 46.0 Å². The van der Waals surface area contributed by atoms with E-state index in [-0.39, 0.29) is 0 Å². The summed E-state index contributed by atoms with van der Waals surface area (Å²) in [4.78, 5) is 14.0. The van der Waals surface area contributed by atoms with Gasteiger partial charge in [0.15, 0.2) is 0 Å². The Morgan fingerprint density at radius 3 is 1.96 bits per heavy atom. The normalized spacial score (nSPS) is 16.2. The van der Waals surface area contributed by atoms with E-state index in [1.54, 1.807) is 0 Å². The second-order valence-electron chi connectivity index (χ2n) is 7.36. The van der Waals surface area contributed by atoms with Crippen LogP contribution in [0.5, 0.6) is 0 Å². The topological polar surface area (TPSA) is 43.2 Å². The zero-order valence-corrected chi connectivity index (χ0v) is 16.8. The summed E-state index contributed by atoms with van der Waals surface area (Å²) in [6.45, 7) is 4.49. The molecule has 5 nitrogen and oxygen atoms in total. The molecule has 24 heavy (non-hydrogen) atoms. The van der Waals surface area contributed by atoms with E-state index >= 15 is 0 Å². The SMILES string of the molecule is CCCC(CCC)N/C(N=C(N(C)C)N(C)C)=N/C1CCCCC1. The Morgan fingerprint density at radius 1 is 0.958 bits per heavy atom. The molecule has 0 saturated heterocycles. The van der Waals surface area contributed by atoms with Crippen molar-refractivity contribution in [3.8, 4) is 0 Å². The molecule has 1 aliphatic carbocycles. The van der Waals surface area contributed by atoms with Gasteiger partial charge in [0.05, 0.1) is 6.04 Å². The van der Waals surface area contributed by atoms with Gasteiger partial charge in [-0.15, -0.1) is 0 Å². The van der Waals surface area contributed by atoms with Crippen LogP contribution in [0.3, 0.4) is 0 Å². The molecule has 1 fully saturated rings. The second-order valence-corrected chi connectivity index (χ2v) is 7.36. The molecule has 1 rings (SSSR count). The first-order valence-corrected chi connectivity index (χ1v) is 9.75. The van der Waals surface area contributed by atoms with Crippen molar-refractivity contribution in [3.05, 3.63) is 0 Å². The summed E-state index contributed by atoms with van der Waals surface area (Å²) in [5, 5.41) is 3.65. The molecular formula is C19H39N5. The third-order valence-electron chi connectivity index (χ3n) is 4.49. The smallest absolute Gasteiger partial charge is 0.221 e. The highest BCUT2D eigenvalue weighted by Crippen LogP contribution is 2.20. The van der Waals surface area contributed by atoms with Crippen molar-refractivity contribution in [1.82, 2.24) is 15.1 Å². The Labute approximate surface area is 149 Å². The van der Waals surface area contributed by atoms with Crippen LogP contribution in [-0.4, -0.2) is 62.0 Å². The molecule has 0 amide bonds. The lowest BCUT2D eigenvalue weighted by Gasteiger charge is -2.25. The third-order valence-corrected chi connectivity index (χ3v) is 4.49. The molecule has 0 aromatic heterocycles. The van der Waals surface area contributed by atoms with Crippen molar-refractivity contribution >= 4 is 11.9 Å². The maximum absolute atomic E-state index is 5.01. The van der Waals surface area contributed by atoms with Crippen molar-refractivity contribution in [1.29, 1.82) is 0 Å². The van der Waals surface area contributed by atoms with Crippen LogP contribution in [0.4, 0.5) is 0 Å². The monoisotopic (exact) mass is 337 g/mol. The molecule has 0 spiro atoms. The number of nitrogens with one attached hydrogen (secondary N) is 1. The van der Waals surface area contributed by atoms with Gasteiger partial charge >= 0.3 is 0 Å². The van der Waals surface area contributed by atoms with Crippen LogP contribution < -0.4 is 5.32 Å². The first-order valence-electron chi connectivity index (χ1n) is 9.75. The molecule has 0 aliphatic heterocycles. The zero-order chi connectivity index (χ0) is 17.9. The van der Waals surface area contributed by atoms with E-state index in [0.29, 0.717) is 12.1 Å². The second kappa shape index (κ2) is 11.3. The summed E-state index contributed by atoms with van der Waals surface area (Å²) >= 11 is 0. The lowest BCUT2D eigenvalue weighted by atomic mass is 9.96. The maximum atomic E-state index is 5.01. The van der Waals surface area contributed by atoms with E-state index in [4.69, 9.17) is 9.98 Å². The molecule has 0 aromatic rings. The predicted octanol–water partition coefficient (Wildman–Crippen LogP) is 3.71. The molecule has 140 valence electrons. The van der Waals surface area contributed by atoms with Gasteiger partial charge < -0.3 is 15.1 Å². The van der Waals surface area contributed by atoms with E-state index in [1.807, 2.05) is 38.0 Å². The van der Waals surface area contributed by atoms with E-state index in [9.17, 15) is 0 Å². The highest BCUT2D eigenvalue weighted by molar-refractivity contribution is 5.94. The molecular weight excluding hydrogens is 298 g/mol. The molecule has 1 aliphatic rings. The fourth-order valence-electron chi connectivity index (χ4n) is 3.34.